The maximum atomic E-state index is 14.5. The van der Waals surface area contributed by atoms with Crippen LogP contribution in [-0.4, -0.2) is 23.6 Å². The molecule has 0 aliphatic rings. The summed E-state index contributed by atoms with van der Waals surface area (Å²) in [6.07, 6.45) is -21.2. The topological polar surface area (TPSA) is 168 Å². The van der Waals surface area contributed by atoms with Gasteiger partial charge in [-0.2, -0.15) is 52.7 Å². The van der Waals surface area contributed by atoms with Crippen LogP contribution in [0.15, 0.2) is 133 Å². The number of carbonyl (C=O) groups is 4. The third-order valence-corrected chi connectivity index (χ3v) is 10.7. The standard InChI is InChI=1S/C50H30F14N6O4/c51-27-13-25(15-29(65)17-27)45(73)69-33-7-11-37(41(21-33)49(59,60)61)35-9-5-31(19-39(35)47(53,54)55)67-43(71)23-1-2-24(4-3-23)44(72)68-32-6-10-36(40(20-32)48(56,57)58)38-12-8-34(22-42(38)50(62,63)64)70-46(74)26-14-28(52)18-30(66)16-26/h1-22H,65-66H2,(H,67,71)(H,68,72)(H,69,73)(H,70,74). The molecule has 0 aliphatic heterocycles. The zero-order valence-corrected chi connectivity index (χ0v) is 36.8. The van der Waals surface area contributed by atoms with E-state index in [1.165, 1.54) is 0 Å². The number of rotatable bonds is 10. The highest BCUT2D eigenvalue weighted by Crippen LogP contribution is 2.46. The summed E-state index contributed by atoms with van der Waals surface area (Å²) in [5.74, 6) is -6.21. The van der Waals surface area contributed by atoms with Crippen molar-refractivity contribution in [1.29, 1.82) is 0 Å². The van der Waals surface area contributed by atoms with Crippen LogP contribution in [0.5, 0.6) is 0 Å². The molecule has 7 rings (SSSR count). The lowest BCUT2D eigenvalue weighted by Gasteiger charge is -2.20. The fraction of sp³-hybridized carbons (Fsp3) is 0.0800. The molecule has 8 N–H and O–H groups in total. The molecule has 0 radical (unpaired) electrons. The van der Waals surface area contributed by atoms with Crippen molar-refractivity contribution >= 4 is 57.8 Å². The molecule has 0 spiro atoms. The second-order valence-electron chi connectivity index (χ2n) is 16.0. The Morgan fingerprint density at radius 3 is 0.757 bits per heavy atom. The van der Waals surface area contributed by atoms with Crippen LogP contribution in [-0.2, 0) is 24.7 Å². The number of amides is 4. The molecule has 0 aliphatic carbocycles. The van der Waals surface area contributed by atoms with Gasteiger partial charge in [0, 0.05) is 56.4 Å². The van der Waals surface area contributed by atoms with Gasteiger partial charge in [0.2, 0.25) is 0 Å². The fourth-order valence-electron chi connectivity index (χ4n) is 7.44. The predicted octanol–water partition coefficient (Wildman–Crippen LogP) is 13.5. The molecule has 0 atom stereocenters. The number of carbonyl (C=O) groups excluding carboxylic acids is 4. The monoisotopic (exact) mass is 1040 g/mol. The van der Waals surface area contributed by atoms with E-state index in [-0.39, 0.29) is 33.6 Å². The summed E-state index contributed by atoms with van der Waals surface area (Å²) in [5, 5.41) is 8.52. The van der Waals surface area contributed by atoms with Crippen LogP contribution in [0.1, 0.15) is 63.7 Å². The maximum absolute atomic E-state index is 14.5. The Hall–Kier alpha value is -8.96. The number of halogens is 14. The first-order valence-electron chi connectivity index (χ1n) is 20.8. The smallest absolute Gasteiger partial charge is 0.399 e. The third kappa shape index (κ3) is 12.2. The molecule has 0 aromatic heterocycles. The van der Waals surface area contributed by atoms with Gasteiger partial charge in [-0.3, -0.25) is 19.2 Å². The van der Waals surface area contributed by atoms with Crippen molar-refractivity contribution in [1.82, 2.24) is 0 Å². The first-order valence-corrected chi connectivity index (χ1v) is 20.8. The van der Waals surface area contributed by atoms with Gasteiger partial charge in [-0.05, 0) is 131 Å². The Morgan fingerprint density at radius 1 is 0.311 bits per heavy atom. The predicted molar refractivity (Wildman–Crippen MR) is 244 cm³/mol. The van der Waals surface area contributed by atoms with E-state index >= 15 is 0 Å². The van der Waals surface area contributed by atoms with Gasteiger partial charge in [0.15, 0.2) is 0 Å². The SMILES string of the molecule is Nc1cc(F)cc(C(=O)Nc2ccc(-c3ccc(NC(=O)c4ccc(C(=O)Nc5ccc(-c6ccc(NC(=O)c7cc(N)cc(F)c7)cc6C(F)(F)F)c(C(F)(F)F)c5)cc4)cc3C(F)(F)F)c(C(F)(F)F)c2)c1. The Kier molecular flexibility index (Phi) is 14.2. The summed E-state index contributed by atoms with van der Waals surface area (Å²) < 4.78 is 201. The van der Waals surface area contributed by atoms with Crippen molar-refractivity contribution < 1.29 is 80.6 Å². The lowest BCUT2D eigenvalue weighted by atomic mass is 9.93. The minimum absolute atomic E-state index is 0.177. The van der Waals surface area contributed by atoms with Crippen molar-refractivity contribution in [3.63, 3.8) is 0 Å². The van der Waals surface area contributed by atoms with E-state index < -0.39 is 127 Å². The van der Waals surface area contributed by atoms with Crippen LogP contribution in [0.3, 0.4) is 0 Å². The molecule has 0 saturated heterocycles. The summed E-state index contributed by atoms with van der Waals surface area (Å²) in [5.41, 5.74) is -3.20. The van der Waals surface area contributed by atoms with Gasteiger partial charge in [0.05, 0.1) is 22.3 Å². The summed E-state index contributed by atoms with van der Waals surface area (Å²) >= 11 is 0. The van der Waals surface area contributed by atoms with Crippen molar-refractivity contribution in [2.45, 2.75) is 24.7 Å². The van der Waals surface area contributed by atoms with Crippen molar-refractivity contribution in [2.75, 3.05) is 32.7 Å². The van der Waals surface area contributed by atoms with Gasteiger partial charge >= 0.3 is 24.7 Å². The van der Waals surface area contributed by atoms with E-state index in [1.807, 2.05) is 0 Å². The minimum atomic E-state index is -5.32. The lowest BCUT2D eigenvalue weighted by Crippen LogP contribution is -2.17. The fourth-order valence-corrected chi connectivity index (χ4v) is 7.44. The maximum Gasteiger partial charge on any atom is 0.417 e. The van der Waals surface area contributed by atoms with Gasteiger partial charge in [-0.25, -0.2) is 8.78 Å². The number of nitrogens with one attached hydrogen (secondary N) is 4. The van der Waals surface area contributed by atoms with Gasteiger partial charge in [0.1, 0.15) is 11.6 Å². The van der Waals surface area contributed by atoms with Gasteiger partial charge in [0.25, 0.3) is 23.6 Å². The number of anilines is 6. The number of hydrogen-bond acceptors (Lipinski definition) is 6. The average Bonchev–Trinajstić information content (AvgIpc) is 3.30. The highest BCUT2D eigenvalue weighted by Gasteiger charge is 2.41. The normalized spacial score (nSPS) is 12.0. The second kappa shape index (κ2) is 19.9. The molecular formula is C50H30F14N6O4. The number of alkyl halides is 12. The molecule has 0 heterocycles. The summed E-state index contributed by atoms with van der Waals surface area (Å²) in [6.45, 7) is 0. The lowest BCUT2D eigenvalue weighted by molar-refractivity contribution is -0.139. The van der Waals surface area contributed by atoms with Crippen molar-refractivity contribution in [2.24, 2.45) is 0 Å². The Morgan fingerprint density at radius 2 is 0.541 bits per heavy atom. The summed E-state index contributed by atoms with van der Waals surface area (Å²) in [4.78, 5) is 51.6. The van der Waals surface area contributed by atoms with E-state index in [4.69, 9.17) is 11.5 Å². The number of benzene rings is 7. The Labute approximate surface area is 407 Å². The summed E-state index contributed by atoms with van der Waals surface area (Å²) in [6, 6.07) is 16.8. The molecule has 0 fully saturated rings. The van der Waals surface area contributed by atoms with E-state index in [0.717, 1.165) is 84.9 Å². The largest absolute Gasteiger partial charge is 0.417 e. The van der Waals surface area contributed by atoms with Crippen LogP contribution in [0.2, 0.25) is 0 Å². The molecule has 0 unspecified atom stereocenters. The second-order valence-corrected chi connectivity index (χ2v) is 16.0. The quantitative estimate of drug-likeness (QED) is 0.0589. The number of nitrogens with two attached hydrogens (primary N) is 2. The third-order valence-electron chi connectivity index (χ3n) is 10.7. The Bertz CT molecular complexity index is 3110. The number of nitrogen functional groups attached to an aromatic ring is 2. The van der Waals surface area contributed by atoms with E-state index in [2.05, 4.69) is 21.3 Å². The van der Waals surface area contributed by atoms with E-state index in [1.54, 1.807) is 0 Å². The van der Waals surface area contributed by atoms with E-state index in [9.17, 15) is 80.6 Å². The minimum Gasteiger partial charge on any atom is -0.399 e. The van der Waals surface area contributed by atoms with Gasteiger partial charge in [-0.15, -0.1) is 0 Å². The molecule has 24 heteroatoms. The molecule has 7 aromatic rings. The summed E-state index contributed by atoms with van der Waals surface area (Å²) in [7, 11) is 0. The molecular weight excluding hydrogens is 1010 g/mol. The highest BCUT2D eigenvalue weighted by atomic mass is 19.4. The first-order chi connectivity index (χ1) is 34.4. The van der Waals surface area contributed by atoms with Gasteiger partial charge < -0.3 is 32.7 Å². The van der Waals surface area contributed by atoms with Crippen LogP contribution < -0.4 is 32.7 Å². The average molecular weight is 1040 g/mol. The number of hydrogen-bond donors (Lipinski definition) is 6. The molecule has 4 amide bonds. The molecule has 10 nitrogen and oxygen atoms in total. The zero-order chi connectivity index (χ0) is 54.2. The van der Waals surface area contributed by atoms with E-state index in [0.29, 0.717) is 48.5 Å². The van der Waals surface area contributed by atoms with Crippen molar-refractivity contribution in [3.05, 3.63) is 190 Å². The molecule has 382 valence electrons. The molecule has 7 aromatic carbocycles. The van der Waals surface area contributed by atoms with Gasteiger partial charge in [-0.1, -0.05) is 24.3 Å². The van der Waals surface area contributed by atoms with Crippen molar-refractivity contribution in [3.8, 4) is 22.3 Å². The van der Waals surface area contributed by atoms with Crippen LogP contribution in [0.4, 0.5) is 95.6 Å². The highest BCUT2D eigenvalue weighted by molar-refractivity contribution is 6.08. The molecule has 74 heavy (non-hydrogen) atoms. The van der Waals surface area contributed by atoms with Crippen LogP contribution >= 0.6 is 0 Å². The first kappa shape index (κ1) is 52.9. The Balaban J connectivity index is 1.08. The molecule has 0 bridgehead atoms. The van der Waals surface area contributed by atoms with Crippen LogP contribution in [0, 0.1) is 11.6 Å². The molecule has 0 saturated carbocycles. The van der Waals surface area contributed by atoms with Crippen LogP contribution in [0.25, 0.3) is 22.3 Å². The zero-order valence-electron chi connectivity index (χ0n) is 36.8.